The highest BCUT2D eigenvalue weighted by molar-refractivity contribution is 6.31. The van der Waals surface area contributed by atoms with Crippen molar-refractivity contribution in [1.82, 2.24) is 20.2 Å². The highest BCUT2D eigenvalue weighted by atomic mass is 35.5. The third-order valence-electron chi connectivity index (χ3n) is 6.35. The Labute approximate surface area is 222 Å². The average molecular weight is 522 g/mol. The number of fused-ring (bicyclic) bond motifs is 1. The Morgan fingerprint density at radius 3 is 2.65 bits per heavy atom. The molecule has 0 bridgehead atoms. The van der Waals surface area contributed by atoms with E-state index in [4.69, 9.17) is 22.1 Å². The van der Waals surface area contributed by atoms with Crippen LogP contribution in [-0.2, 0) is 13.1 Å². The number of rotatable bonds is 10. The summed E-state index contributed by atoms with van der Waals surface area (Å²) >= 11 is 6.35. The van der Waals surface area contributed by atoms with Crippen molar-refractivity contribution in [2.45, 2.75) is 52.6 Å². The fourth-order valence-corrected chi connectivity index (χ4v) is 4.73. The summed E-state index contributed by atoms with van der Waals surface area (Å²) in [7, 11) is 0. The normalized spacial score (nSPS) is 12.4. The molecule has 1 aliphatic rings. The number of ketones is 1. The van der Waals surface area contributed by atoms with Gasteiger partial charge < -0.3 is 20.7 Å². The van der Waals surface area contributed by atoms with Crippen LogP contribution in [0.1, 0.15) is 59.8 Å². The number of carbonyl (C=O) groups excluding carboxylic acids is 2. The monoisotopic (exact) mass is 521 g/mol. The smallest absolute Gasteiger partial charge is 0.318 e. The molecule has 2 aromatic carbocycles. The number of nitrogen functional groups attached to an aromatic ring is 1. The van der Waals surface area contributed by atoms with E-state index in [9.17, 15) is 9.59 Å². The molecule has 8 nitrogen and oxygen atoms in total. The predicted molar refractivity (Wildman–Crippen MR) is 145 cm³/mol. The van der Waals surface area contributed by atoms with Gasteiger partial charge in [0.05, 0.1) is 24.5 Å². The summed E-state index contributed by atoms with van der Waals surface area (Å²) in [5.74, 6) is 0.378. The van der Waals surface area contributed by atoms with Crippen molar-refractivity contribution in [1.29, 1.82) is 0 Å². The minimum Gasteiger partial charge on any atom is -0.485 e. The van der Waals surface area contributed by atoms with Crippen molar-refractivity contribution in [3.8, 4) is 17.0 Å². The Bertz CT molecular complexity index is 1280. The summed E-state index contributed by atoms with van der Waals surface area (Å²) in [4.78, 5) is 36.2. The first-order valence-electron chi connectivity index (χ1n) is 12.6. The van der Waals surface area contributed by atoms with E-state index in [2.05, 4.69) is 22.2 Å². The number of nitrogens with two attached hydrogens (primary N) is 1. The van der Waals surface area contributed by atoms with Gasteiger partial charge in [-0.15, -0.1) is 0 Å². The van der Waals surface area contributed by atoms with Crippen LogP contribution >= 0.6 is 11.6 Å². The van der Waals surface area contributed by atoms with Crippen LogP contribution in [-0.4, -0.2) is 39.8 Å². The number of aromatic nitrogens is 2. The molecule has 9 heteroatoms. The van der Waals surface area contributed by atoms with Gasteiger partial charge in [-0.05, 0) is 31.0 Å². The number of ether oxygens (including phenoxy) is 1. The number of aryl methyl sites for hydroxylation is 1. The van der Waals surface area contributed by atoms with Gasteiger partial charge in [0, 0.05) is 28.3 Å². The van der Waals surface area contributed by atoms with Crippen molar-refractivity contribution in [3.63, 3.8) is 0 Å². The summed E-state index contributed by atoms with van der Waals surface area (Å²) in [6, 6.07) is 12.3. The number of nitrogens with zero attached hydrogens (tertiary/aromatic N) is 3. The van der Waals surface area contributed by atoms with Crippen LogP contribution in [0.5, 0.6) is 5.75 Å². The Morgan fingerprint density at radius 1 is 1.11 bits per heavy atom. The molecule has 0 aliphatic carbocycles. The highest BCUT2D eigenvalue weighted by Gasteiger charge is 2.30. The lowest BCUT2D eigenvalue weighted by Crippen LogP contribution is -2.37. The number of nitrogens with one attached hydrogen (secondary N) is 1. The number of anilines is 1. The molecular weight excluding hydrogens is 490 g/mol. The van der Waals surface area contributed by atoms with Gasteiger partial charge in [0.15, 0.2) is 12.4 Å². The summed E-state index contributed by atoms with van der Waals surface area (Å²) in [5.41, 5.74) is 10.2. The molecule has 3 aromatic rings. The van der Waals surface area contributed by atoms with Gasteiger partial charge >= 0.3 is 6.03 Å². The van der Waals surface area contributed by atoms with Crippen LogP contribution in [0.4, 0.5) is 10.7 Å². The number of hydrogen-bond donors (Lipinski definition) is 2. The Kier molecular flexibility index (Phi) is 8.61. The molecule has 1 aromatic heterocycles. The molecule has 37 heavy (non-hydrogen) atoms. The van der Waals surface area contributed by atoms with E-state index in [1.54, 1.807) is 23.1 Å². The maximum atomic E-state index is 12.8. The lowest BCUT2D eigenvalue weighted by molar-refractivity contribution is 0.0922. The zero-order chi connectivity index (χ0) is 26.4. The first kappa shape index (κ1) is 26.4. The van der Waals surface area contributed by atoms with Crippen molar-refractivity contribution >= 4 is 29.4 Å². The van der Waals surface area contributed by atoms with E-state index in [1.165, 1.54) is 0 Å². The summed E-state index contributed by atoms with van der Waals surface area (Å²) in [5, 5.41) is 3.48. The number of halogens is 1. The second-order valence-electron chi connectivity index (χ2n) is 9.18. The van der Waals surface area contributed by atoms with Gasteiger partial charge in [-0.25, -0.2) is 14.8 Å². The maximum Gasteiger partial charge on any atom is 0.318 e. The van der Waals surface area contributed by atoms with Crippen LogP contribution in [0.3, 0.4) is 0 Å². The Morgan fingerprint density at radius 2 is 1.89 bits per heavy atom. The molecule has 1 aliphatic heterocycles. The summed E-state index contributed by atoms with van der Waals surface area (Å²) in [6.45, 7) is 5.21. The predicted octanol–water partition coefficient (Wildman–Crippen LogP) is 5.55. The molecule has 2 heterocycles. The molecule has 0 unspecified atom stereocenters. The van der Waals surface area contributed by atoms with Crippen molar-refractivity contribution in [3.05, 3.63) is 69.9 Å². The first-order valence-corrected chi connectivity index (χ1v) is 12.9. The van der Waals surface area contributed by atoms with E-state index in [0.29, 0.717) is 52.9 Å². The number of hydrogen-bond acceptors (Lipinski definition) is 6. The van der Waals surface area contributed by atoms with Gasteiger partial charge in [-0.3, -0.25) is 4.79 Å². The molecule has 0 spiro atoms. The third-order valence-corrected chi connectivity index (χ3v) is 6.57. The summed E-state index contributed by atoms with van der Waals surface area (Å²) < 4.78 is 6.00. The molecule has 2 amide bonds. The number of urea groups is 1. The minimum absolute atomic E-state index is 0.108. The van der Waals surface area contributed by atoms with Crippen LogP contribution in [0.2, 0.25) is 5.02 Å². The fourth-order valence-electron chi connectivity index (χ4n) is 4.46. The molecule has 3 N–H and O–H groups in total. The molecule has 0 saturated carbocycles. The van der Waals surface area contributed by atoms with E-state index in [-0.39, 0.29) is 24.4 Å². The van der Waals surface area contributed by atoms with E-state index in [1.807, 2.05) is 31.2 Å². The lowest BCUT2D eigenvalue weighted by Gasteiger charge is -2.17. The molecule has 194 valence electrons. The number of Topliss-reactive ketones (excluding diaryl/α,β-unsaturated/α-hetero) is 1. The number of benzene rings is 2. The summed E-state index contributed by atoms with van der Waals surface area (Å²) in [6.07, 6.45) is 4.35. The van der Waals surface area contributed by atoms with Crippen LogP contribution in [0.25, 0.3) is 11.3 Å². The van der Waals surface area contributed by atoms with Gasteiger partial charge in [0.25, 0.3) is 0 Å². The van der Waals surface area contributed by atoms with E-state index >= 15 is 0 Å². The number of amides is 2. The van der Waals surface area contributed by atoms with E-state index in [0.717, 1.165) is 36.8 Å². The van der Waals surface area contributed by atoms with Gasteiger partial charge in [-0.2, -0.15) is 0 Å². The molecule has 0 saturated heterocycles. The molecule has 0 radical (unpaired) electrons. The van der Waals surface area contributed by atoms with Crippen molar-refractivity contribution < 1.29 is 14.3 Å². The Hall–Kier alpha value is -3.65. The maximum absolute atomic E-state index is 12.8. The second kappa shape index (κ2) is 12.1. The van der Waals surface area contributed by atoms with Crippen molar-refractivity contribution in [2.75, 3.05) is 18.9 Å². The molecule has 4 rings (SSSR count). The highest BCUT2D eigenvalue weighted by Crippen LogP contribution is 2.40. The molecule has 0 atom stereocenters. The van der Waals surface area contributed by atoms with Gasteiger partial charge in [-0.1, -0.05) is 68.1 Å². The fraction of sp³-hybridized carbons (Fsp3) is 0.357. The van der Waals surface area contributed by atoms with Crippen LogP contribution in [0.15, 0.2) is 42.5 Å². The first-order chi connectivity index (χ1) is 17.9. The van der Waals surface area contributed by atoms with Crippen molar-refractivity contribution in [2.24, 2.45) is 0 Å². The quantitative estimate of drug-likeness (QED) is 0.267. The Balaban J connectivity index is 1.58. The standard InChI is InChI=1S/C28H32ClN5O3/c1-3-4-5-9-12-31-28(36)34-15-21-22(16-34)32-27(30)33-26(21)25-18(2)13-20(29)14-24(25)37-17-23(35)19-10-7-6-8-11-19/h6-8,10-11,13-14H,3-5,9,12,15-17H2,1-2H3,(H,31,36)(H2,30,32,33). The van der Waals surface area contributed by atoms with E-state index < -0.39 is 0 Å². The third kappa shape index (κ3) is 6.38. The molecule has 0 fully saturated rings. The van der Waals surface area contributed by atoms with Crippen LogP contribution in [0, 0.1) is 6.92 Å². The minimum atomic E-state index is -0.161. The average Bonchev–Trinajstić information content (AvgIpc) is 3.31. The topological polar surface area (TPSA) is 110 Å². The van der Waals surface area contributed by atoms with Gasteiger partial charge in [0.2, 0.25) is 5.95 Å². The zero-order valence-electron chi connectivity index (χ0n) is 21.2. The van der Waals surface area contributed by atoms with Gasteiger partial charge in [0.1, 0.15) is 5.75 Å². The zero-order valence-corrected chi connectivity index (χ0v) is 22.0. The second-order valence-corrected chi connectivity index (χ2v) is 9.61. The molecular formula is C28H32ClN5O3. The lowest BCUT2D eigenvalue weighted by atomic mass is 9.99. The largest absolute Gasteiger partial charge is 0.485 e. The SMILES string of the molecule is CCCCCCNC(=O)N1Cc2nc(N)nc(-c3c(C)cc(Cl)cc3OCC(=O)c3ccccc3)c2C1. The number of carbonyl (C=O) groups is 2. The number of unbranched alkanes of at least 4 members (excludes halogenated alkanes) is 3. The van der Waals surface area contributed by atoms with Crippen LogP contribution < -0.4 is 15.8 Å².